The number of thioether (sulfide) groups is 1. The number of nitrogens with one attached hydrogen (secondary N) is 5. The van der Waals surface area contributed by atoms with Crippen molar-refractivity contribution in [2.24, 2.45) is 21.5 Å². The molecule has 21 rings (SSSR count). The second kappa shape index (κ2) is 49.6. The number of guanidine groups is 1. The summed E-state index contributed by atoms with van der Waals surface area (Å²) < 4.78 is 115. The van der Waals surface area contributed by atoms with Gasteiger partial charge in [-0.15, -0.1) is 24.0 Å². The minimum Gasteiger partial charge on any atom is -0.507 e. The van der Waals surface area contributed by atoms with Crippen LogP contribution in [0.2, 0.25) is 0 Å². The zero-order valence-corrected chi connectivity index (χ0v) is 91.5. The van der Waals surface area contributed by atoms with Crippen molar-refractivity contribution < 1.29 is 98.3 Å². The van der Waals surface area contributed by atoms with Crippen molar-refractivity contribution in [2.75, 3.05) is 18.2 Å². The molecule has 9 unspecified atom stereocenters. The van der Waals surface area contributed by atoms with Crippen LogP contribution in [0.25, 0.3) is 0 Å². The lowest BCUT2D eigenvalue weighted by molar-refractivity contribution is -0.132. The first-order valence-electron chi connectivity index (χ1n) is 42.6. The molecule has 0 radical (unpaired) electrons. The third-order valence-electron chi connectivity index (χ3n) is 23.1. The number of rotatable bonds is 7. The third kappa shape index (κ3) is 25.9. The predicted molar refractivity (Wildman–Crippen MR) is 576 cm³/mol. The number of aldehydes is 1. The van der Waals surface area contributed by atoms with E-state index in [1.54, 1.807) is 133 Å². The number of thiocarbonyl (C=S) groups is 1. The van der Waals surface area contributed by atoms with Crippen molar-refractivity contribution in [3.63, 3.8) is 0 Å². The van der Waals surface area contributed by atoms with Crippen LogP contribution in [0.15, 0.2) is 292 Å². The quantitative estimate of drug-likeness (QED) is 0.0136. The van der Waals surface area contributed by atoms with E-state index < -0.39 is 64.6 Å². The number of urea groups is 1. The fourth-order valence-electron chi connectivity index (χ4n) is 16.8. The van der Waals surface area contributed by atoms with E-state index in [2.05, 4.69) is 155 Å². The predicted octanol–water partition coefficient (Wildman–Crippen LogP) is 22.9. The van der Waals surface area contributed by atoms with Gasteiger partial charge in [-0.2, -0.15) is 0 Å². The zero-order chi connectivity index (χ0) is 102. The average Bonchev–Trinajstić information content (AvgIpc) is 1.56. The Morgan fingerprint density at radius 1 is 0.472 bits per heavy atom. The maximum atomic E-state index is 13.7. The number of alkyl halides is 1. The number of ketones is 2. The molecule has 144 heavy (non-hydrogen) atoms. The van der Waals surface area contributed by atoms with E-state index in [0.29, 0.717) is 114 Å². The summed E-state index contributed by atoms with van der Waals surface area (Å²) in [6, 6.07) is 67.7. The normalized spacial score (nSPS) is 20.7. The fraction of sp³-hybridized carbons (Fsp3) is 0.176. The molecule has 13 N–H and O–H groups in total. The van der Waals surface area contributed by atoms with Crippen LogP contribution in [0.1, 0.15) is 151 Å². The molecule has 7 amide bonds. The smallest absolute Gasteiger partial charge is 0.322 e. The summed E-state index contributed by atoms with van der Waals surface area (Å²) in [6.07, 6.45) is 1.64. The van der Waals surface area contributed by atoms with E-state index in [0.717, 1.165) is 32.4 Å². The Kier molecular flexibility index (Phi) is 38.9. The van der Waals surface area contributed by atoms with Crippen LogP contribution < -0.4 is 67.9 Å². The first kappa shape index (κ1) is 113. The third-order valence-corrected chi connectivity index (χ3v) is 27.0. The number of nitrogens with zero attached hydrogens (tertiary/aromatic N) is 3. The molecular weight excluding hydrogens is 2530 g/mol. The van der Waals surface area contributed by atoms with Crippen molar-refractivity contribution in [3.8, 4) is 34.5 Å². The molecule has 9 aliphatic rings. The summed E-state index contributed by atoms with van der Waals surface area (Å²) in [5.74, 6) is -0.442. The van der Waals surface area contributed by atoms with Gasteiger partial charge in [0.05, 0.1) is 17.5 Å². The van der Waals surface area contributed by atoms with Crippen LogP contribution in [0.5, 0.6) is 34.5 Å². The Bertz CT molecular complexity index is 6880. The molecule has 0 bridgehead atoms. The Morgan fingerprint density at radius 2 is 0.826 bits per heavy atom. The number of primary amides is 1. The minimum atomic E-state index is -1.23. The van der Waals surface area contributed by atoms with Crippen LogP contribution in [0, 0.1) is 34.9 Å². The summed E-state index contributed by atoms with van der Waals surface area (Å²) in [6.45, 7) is 1.42. The summed E-state index contributed by atoms with van der Waals surface area (Å²) in [7, 11) is 1.73. The lowest BCUT2D eigenvalue weighted by Gasteiger charge is -2.38. The number of amides is 7. The molecule has 26 nitrogen and oxygen atoms in total. The summed E-state index contributed by atoms with van der Waals surface area (Å²) in [5.41, 5.74) is 12.7. The van der Waals surface area contributed by atoms with E-state index >= 15 is 0 Å². The van der Waals surface area contributed by atoms with E-state index in [1.807, 2.05) is 59.7 Å². The van der Waals surface area contributed by atoms with Gasteiger partial charge in [0.1, 0.15) is 106 Å². The number of imide groups is 1. The number of nitrogens with two attached hydrogens (primary N) is 2. The first-order chi connectivity index (χ1) is 67.8. The van der Waals surface area contributed by atoms with Crippen LogP contribution in [-0.2, 0) is 46.1 Å². The molecule has 748 valence electrons. The Morgan fingerprint density at radius 3 is 1.19 bits per heavy atom. The number of carbonyl (C=O) groups is 9. The molecule has 0 aliphatic carbocycles. The molecule has 0 saturated carbocycles. The largest absolute Gasteiger partial charge is 0.507 e. The lowest BCUT2D eigenvalue weighted by atomic mass is 9.80. The highest BCUT2D eigenvalue weighted by Gasteiger charge is 2.58. The lowest BCUT2D eigenvalue weighted by Crippen LogP contribution is -2.48. The molecule has 12 aromatic carbocycles. The van der Waals surface area contributed by atoms with E-state index in [9.17, 15) is 64.7 Å². The molecule has 9 heterocycles. The highest BCUT2D eigenvalue weighted by atomic mass is 127. The number of phenolic OH excluding ortho intramolecular Hbond substituents is 1. The molecule has 12 aromatic rings. The molecule has 2 fully saturated rings. The van der Waals surface area contributed by atoms with Crippen molar-refractivity contribution in [3.05, 3.63) is 383 Å². The van der Waals surface area contributed by atoms with Gasteiger partial charge in [-0.25, -0.2) is 41.1 Å². The van der Waals surface area contributed by atoms with Crippen LogP contribution in [0.4, 0.5) is 31.1 Å². The fourth-order valence-corrected chi connectivity index (χ4v) is 19.8. The molecule has 4 spiro atoms. The number of fused-ring (bicyclic) bond motifs is 9. The summed E-state index contributed by atoms with van der Waals surface area (Å²) >= 11 is 28.9. The SMILES string of the molecule is CC(=O)c1cc(Br)ccc1O.CI.CSC1=NC2(CC(c3cccc(F)c3)Oc3ccc(Br)cc32)C(=O)N1C.I.N.NC1=NC2(CC(c3cccc(F)c3)Oc3ccc(Br)cc32)C(=O)N1.NC=O.O=C1CC(c2cccc(F)c2)Oc2ccc(Br)cc21.O=C1NC(=O)C2(CC(c3cccc(F)c3)Oc3ccc(Br)cc32)N1.O=C1NC(=S)NC12CC(c1cccc(F)c1)Oc1ccc(Br)cc12.O=Cc1cccc(F)c1. The molecular formula is C102H85Br6F6I2N11O15S2. The number of likely N-dealkylation sites (N-methyl/N-ethyl adjacent to an activating group) is 1. The first-order valence-corrected chi connectivity index (χ1v) is 51.1. The van der Waals surface area contributed by atoms with Crippen LogP contribution in [0.3, 0.4) is 0 Å². The van der Waals surface area contributed by atoms with E-state index in [4.69, 9.17) is 56.5 Å². The number of hydrogen-bond donors (Lipinski definition) is 9. The average molecular weight is 2620 g/mol. The Hall–Kier alpha value is -11.5. The topological polar surface area (TPSA) is 395 Å². The number of aromatic hydroxyl groups is 1. The maximum absolute atomic E-state index is 13.7. The van der Waals surface area contributed by atoms with Gasteiger partial charge in [0.25, 0.3) is 23.6 Å². The highest BCUT2D eigenvalue weighted by Crippen LogP contribution is 2.55. The van der Waals surface area contributed by atoms with E-state index in [-0.39, 0.29) is 137 Å². The number of amidine groups is 1. The number of hydrogen-bond acceptors (Lipinski definition) is 21. The molecule has 42 heteroatoms. The minimum absolute atomic E-state index is 0. The van der Waals surface area contributed by atoms with Gasteiger partial charge < -0.3 is 62.4 Å². The van der Waals surface area contributed by atoms with Crippen LogP contribution >= 0.6 is 166 Å². The Labute approximate surface area is 912 Å². The Balaban J connectivity index is 0.000000162. The number of Topliss-reactive ketones (excluding diaryl/α,β-unsaturated/α-hetero) is 2. The number of carbonyl (C=O) groups excluding carboxylic acids is 9. The van der Waals surface area contributed by atoms with E-state index in [1.165, 1.54) is 104 Å². The maximum Gasteiger partial charge on any atom is 0.322 e. The number of benzene rings is 12. The zero-order valence-electron chi connectivity index (χ0n) is 75.8. The van der Waals surface area contributed by atoms with Gasteiger partial charge in [-0.3, -0.25) is 53.9 Å². The number of ether oxygens (including phenoxy) is 5. The van der Waals surface area contributed by atoms with Crippen molar-refractivity contribution in [1.82, 2.24) is 37.6 Å². The monoisotopic (exact) mass is 2610 g/mol. The second-order valence-electron chi connectivity index (χ2n) is 32.2. The van der Waals surface area contributed by atoms with Crippen molar-refractivity contribution in [1.29, 1.82) is 0 Å². The van der Waals surface area contributed by atoms with Crippen LogP contribution in [-0.4, -0.2) is 98.4 Å². The molecule has 9 atom stereocenters. The van der Waals surface area contributed by atoms with Gasteiger partial charge >= 0.3 is 6.03 Å². The summed E-state index contributed by atoms with van der Waals surface area (Å²) in [5, 5.41) is 23.4. The summed E-state index contributed by atoms with van der Waals surface area (Å²) in [4.78, 5) is 117. The number of phenols is 1. The van der Waals surface area contributed by atoms with Gasteiger partial charge in [-0.1, -0.05) is 203 Å². The second-order valence-corrected chi connectivity index (χ2v) is 38.9. The molecule has 2 saturated heterocycles. The number of halogens is 14. The van der Waals surface area contributed by atoms with Gasteiger partial charge in [0.15, 0.2) is 50.0 Å². The van der Waals surface area contributed by atoms with Crippen molar-refractivity contribution >= 4 is 236 Å². The molecule has 0 aromatic heterocycles. The van der Waals surface area contributed by atoms with Crippen molar-refractivity contribution in [2.45, 2.75) is 91.7 Å². The molecule has 9 aliphatic heterocycles. The van der Waals surface area contributed by atoms with Gasteiger partial charge in [0.2, 0.25) is 6.41 Å². The highest BCUT2D eigenvalue weighted by molar-refractivity contribution is 14.1. The standard InChI is InChI=1S/C19H16BrFN2O2S.C17H13BrFN3O2.C17H12BrFN2O3.C17H12BrFN2O2S.C15H10BrFO2.C8H7BrO2.C7H5FO.CH3I.CH3NO.HI.H3N/c1-23-17(24)19(22-18(23)26-2)10-16(11-4-3-5-13(21)8-11)25-15-7-6-12(20)9-14(15)19;18-10-4-5-13-12(7-10)17(15(23)21-16(20)22-17)8-14(24-13)9-2-1-3-11(19)6-9;18-10-4-5-13-12(7-10)17(15(22)20-16(23)21-17)8-14(24-13)9-2-1-3-11(19)6-9;18-10-4-5-13-12(7-10)17(15(22)20-16(24)21-17)8-14(23-13)9-2-1-3-11(19)6-9;16-10-4-5-14-12(7-10)13(18)8-15(19-14)9-2-1-3-11(17)6-9;1-5(10)7-4-6(9)2-3-8(7)11;8-7-3-1-2-6(4-7)5-9;1-2;2-1-3;;/h3-9,16H,10H2,1-2H3;1-7,14H,8H2,(H3,20,21,22,23);1-7,14H,8H2,(H2,20,21,22,23);1-7,14H,8H2,(H2,20,21,22,24);1-7,15H,8H2;2-4,11H,1H3;1-5H;1H3;1H,(H2,2,3);1H;1H3. The van der Waals surface area contributed by atoms with Gasteiger partial charge in [-0.05, 0) is 240 Å². The number of aliphatic imine (C=N–C) groups is 2. The van der Waals surface area contributed by atoms with Gasteiger partial charge in [0, 0.05) is 87.4 Å².